The van der Waals surface area contributed by atoms with Crippen molar-refractivity contribution in [3.63, 3.8) is 0 Å². The van der Waals surface area contributed by atoms with Crippen LogP contribution in [0.4, 0.5) is 4.39 Å². The van der Waals surface area contributed by atoms with Gasteiger partial charge in [-0.2, -0.15) is 0 Å². The molecule has 0 aromatic heterocycles. The molecule has 100 valence electrons. The maximum atomic E-state index is 13.4. The zero-order valence-corrected chi connectivity index (χ0v) is 11.5. The van der Waals surface area contributed by atoms with Gasteiger partial charge in [0.05, 0.1) is 12.6 Å². The summed E-state index contributed by atoms with van der Waals surface area (Å²) in [4.78, 5) is 11.4. The second-order valence-electron chi connectivity index (χ2n) is 3.72. The van der Waals surface area contributed by atoms with E-state index < -0.39 is 11.7 Å². The molecular weight excluding hydrogens is 305 g/mol. The summed E-state index contributed by atoms with van der Waals surface area (Å²) in [7, 11) is 0. The molecule has 0 unspecified atom stereocenters. The van der Waals surface area contributed by atoms with E-state index in [1.54, 1.807) is 6.07 Å². The normalized spacial score (nSPS) is 12.0. The lowest BCUT2D eigenvalue weighted by atomic mass is 10.2. The van der Waals surface area contributed by atoms with Crippen molar-refractivity contribution in [2.24, 2.45) is 0 Å². The number of aliphatic hydroxyl groups excluding tert-OH is 1. The van der Waals surface area contributed by atoms with Gasteiger partial charge in [-0.3, -0.25) is 4.79 Å². The summed E-state index contributed by atoms with van der Waals surface area (Å²) in [5, 5.41) is 11.5. The van der Waals surface area contributed by atoms with E-state index in [0.717, 1.165) is 0 Å². The van der Waals surface area contributed by atoms with Gasteiger partial charge in [0.25, 0.3) is 5.91 Å². The lowest BCUT2D eigenvalue weighted by Gasteiger charge is -2.14. The third kappa shape index (κ3) is 4.62. The van der Waals surface area contributed by atoms with Crippen molar-refractivity contribution in [2.75, 3.05) is 13.2 Å². The largest absolute Gasteiger partial charge is 0.481 e. The number of nitrogens with one attached hydrogen (secondary N) is 1. The van der Waals surface area contributed by atoms with Gasteiger partial charge < -0.3 is 15.2 Å². The maximum absolute atomic E-state index is 13.4. The molecule has 1 aromatic rings. The minimum Gasteiger partial charge on any atom is -0.481 e. The molecule has 0 spiro atoms. The number of aliphatic hydroxyl groups is 1. The molecule has 0 radical (unpaired) electrons. The van der Waals surface area contributed by atoms with Gasteiger partial charge in [-0.1, -0.05) is 22.9 Å². The first-order valence-electron chi connectivity index (χ1n) is 5.54. The highest BCUT2D eigenvalue weighted by atomic mass is 79.9. The van der Waals surface area contributed by atoms with Crippen LogP contribution in [0.25, 0.3) is 0 Å². The number of rotatable bonds is 6. The van der Waals surface area contributed by atoms with E-state index in [-0.39, 0.29) is 25.0 Å². The Balaban J connectivity index is 2.47. The third-order valence-corrected chi connectivity index (χ3v) is 2.82. The van der Waals surface area contributed by atoms with Crippen molar-refractivity contribution in [2.45, 2.75) is 19.4 Å². The van der Waals surface area contributed by atoms with Crippen molar-refractivity contribution >= 4 is 21.8 Å². The summed E-state index contributed by atoms with van der Waals surface area (Å²) in [6.07, 6.45) is 0.620. The van der Waals surface area contributed by atoms with Crippen LogP contribution in [0.5, 0.6) is 5.75 Å². The highest BCUT2D eigenvalue weighted by Crippen LogP contribution is 2.21. The number of hydrogen-bond donors (Lipinski definition) is 2. The maximum Gasteiger partial charge on any atom is 0.258 e. The number of halogens is 2. The van der Waals surface area contributed by atoms with E-state index in [1.807, 2.05) is 6.92 Å². The van der Waals surface area contributed by atoms with E-state index in [4.69, 9.17) is 9.84 Å². The number of carbonyl (C=O) groups is 1. The summed E-state index contributed by atoms with van der Waals surface area (Å²) in [6, 6.07) is 4.03. The van der Waals surface area contributed by atoms with Crippen molar-refractivity contribution in [1.29, 1.82) is 0 Å². The minimum absolute atomic E-state index is 0.0189. The van der Waals surface area contributed by atoms with Gasteiger partial charge in [-0.05, 0) is 24.6 Å². The topological polar surface area (TPSA) is 58.6 Å². The van der Waals surface area contributed by atoms with E-state index in [1.165, 1.54) is 12.1 Å². The van der Waals surface area contributed by atoms with Crippen molar-refractivity contribution in [3.8, 4) is 5.75 Å². The van der Waals surface area contributed by atoms with Crippen LogP contribution in [-0.2, 0) is 4.79 Å². The Morgan fingerprint density at radius 3 is 2.89 bits per heavy atom. The first kappa shape index (κ1) is 14.9. The Morgan fingerprint density at radius 1 is 1.61 bits per heavy atom. The van der Waals surface area contributed by atoms with E-state index in [0.29, 0.717) is 10.9 Å². The molecule has 0 bridgehead atoms. The molecule has 0 saturated carbocycles. The van der Waals surface area contributed by atoms with Crippen LogP contribution in [0.1, 0.15) is 13.3 Å². The van der Waals surface area contributed by atoms with Gasteiger partial charge in [-0.25, -0.2) is 4.39 Å². The summed E-state index contributed by atoms with van der Waals surface area (Å²) < 4.78 is 19.0. The molecule has 2 N–H and O–H groups in total. The van der Waals surface area contributed by atoms with Crippen molar-refractivity contribution < 1.29 is 19.0 Å². The van der Waals surface area contributed by atoms with E-state index >= 15 is 0 Å². The molecule has 1 aromatic carbocycles. The zero-order valence-electron chi connectivity index (χ0n) is 9.95. The summed E-state index contributed by atoms with van der Waals surface area (Å²) in [5.41, 5.74) is 0. The summed E-state index contributed by atoms with van der Waals surface area (Å²) >= 11 is 3.13. The summed E-state index contributed by atoms with van der Waals surface area (Å²) in [5.74, 6) is -0.907. The Bertz CT molecular complexity index is 410. The molecule has 0 aliphatic heterocycles. The van der Waals surface area contributed by atoms with Crippen LogP contribution in [0.15, 0.2) is 22.7 Å². The number of hydrogen-bond acceptors (Lipinski definition) is 3. The second-order valence-corrected chi connectivity index (χ2v) is 4.63. The van der Waals surface area contributed by atoms with E-state index in [9.17, 15) is 9.18 Å². The van der Waals surface area contributed by atoms with Gasteiger partial charge in [0.2, 0.25) is 0 Å². The lowest BCUT2D eigenvalue weighted by molar-refractivity contribution is -0.124. The zero-order chi connectivity index (χ0) is 13.5. The van der Waals surface area contributed by atoms with Crippen LogP contribution >= 0.6 is 15.9 Å². The Hall–Kier alpha value is -1.14. The fraction of sp³-hybridized carbons (Fsp3) is 0.417. The first-order chi connectivity index (χ1) is 8.56. The first-order valence-corrected chi connectivity index (χ1v) is 6.34. The Kier molecular flexibility index (Phi) is 6.07. The Morgan fingerprint density at radius 2 is 2.33 bits per heavy atom. The SMILES string of the molecule is CC[C@@H](CO)NC(=O)COc1ccc(Br)cc1F. The molecule has 0 aliphatic rings. The predicted octanol–water partition coefficient (Wildman–Crippen LogP) is 1.85. The fourth-order valence-corrected chi connectivity index (χ4v) is 1.61. The van der Waals surface area contributed by atoms with Gasteiger partial charge in [-0.15, -0.1) is 0 Å². The number of benzene rings is 1. The van der Waals surface area contributed by atoms with Crippen molar-refractivity contribution in [3.05, 3.63) is 28.5 Å². The van der Waals surface area contributed by atoms with Crippen LogP contribution in [0, 0.1) is 5.82 Å². The number of amides is 1. The molecule has 0 aliphatic carbocycles. The summed E-state index contributed by atoms with van der Waals surface area (Å²) in [6.45, 7) is 1.43. The quantitative estimate of drug-likeness (QED) is 0.841. The molecule has 1 atom stereocenters. The number of carbonyl (C=O) groups excluding carboxylic acids is 1. The third-order valence-electron chi connectivity index (χ3n) is 2.33. The molecule has 18 heavy (non-hydrogen) atoms. The van der Waals surface area contributed by atoms with Gasteiger partial charge in [0, 0.05) is 4.47 Å². The number of ether oxygens (including phenoxy) is 1. The van der Waals surface area contributed by atoms with Crippen LogP contribution < -0.4 is 10.1 Å². The van der Waals surface area contributed by atoms with Gasteiger partial charge in [0.1, 0.15) is 0 Å². The van der Waals surface area contributed by atoms with Gasteiger partial charge in [0.15, 0.2) is 18.2 Å². The average Bonchev–Trinajstić information content (AvgIpc) is 2.35. The molecule has 1 amide bonds. The fourth-order valence-electron chi connectivity index (χ4n) is 1.28. The van der Waals surface area contributed by atoms with E-state index in [2.05, 4.69) is 21.2 Å². The molecule has 0 saturated heterocycles. The lowest BCUT2D eigenvalue weighted by Crippen LogP contribution is -2.39. The smallest absolute Gasteiger partial charge is 0.258 e. The minimum atomic E-state index is -0.536. The molecular formula is C12H15BrFNO3. The highest BCUT2D eigenvalue weighted by Gasteiger charge is 2.11. The van der Waals surface area contributed by atoms with Crippen LogP contribution in [0.2, 0.25) is 0 Å². The van der Waals surface area contributed by atoms with Gasteiger partial charge >= 0.3 is 0 Å². The van der Waals surface area contributed by atoms with Crippen LogP contribution in [0.3, 0.4) is 0 Å². The molecule has 4 nitrogen and oxygen atoms in total. The molecule has 0 heterocycles. The molecule has 6 heteroatoms. The molecule has 1 rings (SSSR count). The Labute approximate surface area is 113 Å². The van der Waals surface area contributed by atoms with Crippen molar-refractivity contribution in [1.82, 2.24) is 5.32 Å². The monoisotopic (exact) mass is 319 g/mol. The predicted molar refractivity (Wildman–Crippen MR) is 68.9 cm³/mol. The second kappa shape index (κ2) is 7.33. The standard InChI is InChI=1S/C12H15BrFNO3/c1-2-9(6-16)15-12(17)7-18-11-4-3-8(13)5-10(11)14/h3-5,9,16H,2,6-7H2,1H3,(H,15,17)/t9-/m0/s1. The highest BCUT2D eigenvalue weighted by molar-refractivity contribution is 9.10. The van der Waals surface area contributed by atoms with Crippen LogP contribution in [-0.4, -0.2) is 30.3 Å². The average molecular weight is 320 g/mol. The molecule has 0 fully saturated rings.